The van der Waals surface area contributed by atoms with Gasteiger partial charge in [0.15, 0.2) is 0 Å². The molecule has 1 aromatic heterocycles. The smallest absolute Gasteiger partial charge is 0.270 e. The van der Waals surface area contributed by atoms with E-state index in [9.17, 15) is 4.79 Å². The van der Waals surface area contributed by atoms with Crippen LogP contribution in [0.1, 0.15) is 55.9 Å². The highest BCUT2D eigenvalue weighted by Crippen LogP contribution is 2.19. The number of anilines is 1. The van der Waals surface area contributed by atoms with Gasteiger partial charge in [0, 0.05) is 19.3 Å². The number of carbonyl (C=O) groups excluding carboxylic acids is 1. The van der Waals surface area contributed by atoms with Crippen molar-refractivity contribution < 1.29 is 4.79 Å². The zero-order valence-electron chi connectivity index (χ0n) is 12.7. The lowest BCUT2D eigenvalue weighted by atomic mass is 9.97. The fourth-order valence-corrected chi connectivity index (χ4v) is 2.37. The number of hydrogen-bond acceptors (Lipinski definition) is 4. The maximum Gasteiger partial charge on any atom is 0.270 e. The second-order valence-electron chi connectivity index (χ2n) is 5.31. The largest absolute Gasteiger partial charge is 0.354 e. The molecule has 5 heteroatoms. The number of allylic oxidation sites excluding steroid dienone is 1. The number of aromatic nitrogens is 2. The van der Waals surface area contributed by atoms with Gasteiger partial charge in [-0.05, 0) is 44.6 Å². The van der Waals surface area contributed by atoms with Crippen molar-refractivity contribution in [3.63, 3.8) is 0 Å². The molecule has 1 aliphatic rings. The van der Waals surface area contributed by atoms with Gasteiger partial charge in [-0.1, -0.05) is 18.6 Å². The van der Waals surface area contributed by atoms with Crippen molar-refractivity contribution in [3.8, 4) is 0 Å². The van der Waals surface area contributed by atoms with Gasteiger partial charge in [0.2, 0.25) is 5.95 Å². The standard InChI is InChI=1S/C16H24N4O/c1-2-10-17-15(21)14-9-12-19-16(20-14)18-11-8-13-6-4-3-5-7-13/h6,9,12H,2-5,7-8,10-11H2,1H3,(H,17,21)(H,18,19,20). The molecule has 2 N–H and O–H groups in total. The zero-order chi connectivity index (χ0) is 14.9. The average molecular weight is 288 g/mol. The van der Waals surface area contributed by atoms with Crippen LogP contribution in [0.15, 0.2) is 23.9 Å². The summed E-state index contributed by atoms with van der Waals surface area (Å²) in [4.78, 5) is 20.3. The van der Waals surface area contributed by atoms with Gasteiger partial charge in [-0.3, -0.25) is 4.79 Å². The molecule has 1 aromatic rings. The number of rotatable bonds is 7. The van der Waals surface area contributed by atoms with Crippen molar-refractivity contribution in [2.45, 2.75) is 45.4 Å². The Bertz CT molecular complexity index is 499. The molecule has 0 fully saturated rings. The van der Waals surface area contributed by atoms with Crippen LogP contribution in [0.3, 0.4) is 0 Å². The van der Waals surface area contributed by atoms with Crippen molar-refractivity contribution in [2.75, 3.05) is 18.4 Å². The van der Waals surface area contributed by atoms with Crippen LogP contribution in [0.25, 0.3) is 0 Å². The van der Waals surface area contributed by atoms with E-state index in [2.05, 4.69) is 26.7 Å². The summed E-state index contributed by atoms with van der Waals surface area (Å²) in [5, 5.41) is 6.02. The van der Waals surface area contributed by atoms with Crippen molar-refractivity contribution >= 4 is 11.9 Å². The van der Waals surface area contributed by atoms with E-state index in [1.807, 2.05) is 6.92 Å². The third kappa shape index (κ3) is 5.17. The van der Waals surface area contributed by atoms with Crippen LogP contribution in [0, 0.1) is 0 Å². The number of hydrogen-bond donors (Lipinski definition) is 2. The van der Waals surface area contributed by atoms with Gasteiger partial charge in [0.25, 0.3) is 5.91 Å². The van der Waals surface area contributed by atoms with Crippen molar-refractivity contribution in [1.82, 2.24) is 15.3 Å². The molecule has 21 heavy (non-hydrogen) atoms. The van der Waals surface area contributed by atoms with E-state index in [1.165, 1.54) is 31.3 Å². The molecule has 0 saturated carbocycles. The van der Waals surface area contributed by atoms with E-state index in [-0.39, 0.29) is 5.91 Å². The summed E-state index contributed by atoms with van der Waals surface area (Å²) in [7, 11) is 0. The van der Waals surface area contributed by atoms with Gasteiger partial charge in [-0.2, -0.15) is 0 Å². The highest BCUT2D eigenvalue weighted by molar-refractivity contribution is 5.92. The number of nitrogens with zero attached hydrogens (tertiary/aromatic N) is 2. The summed E-state index contributed by atoms with van der Waals surface area (Å²) < 4.78 is 0. The lowest BCUT2D eigenvalue weighted by molar-refractivity contribution is 0.0948. The molecule has 0 saturated heterocycles. The molecule has 0 unspecified atom stereocenters. The molecular formula is C16H24N4O. The van der Waals surface area contributed by atoms with Crippen LogP contribution in [0.4, 0.5) is 5.95 Å². The summed E-state index contributed by atoms with van der Waals surface area (Å²) in [6.45, 7) is 3.50. The van der Waals surface area contributed by atoms with Gasteiger partial charge in [-0.15, -0.1) is 0 Å². The minimum absolute atomic E-state index is 0.141. The van der Waals surface area contributed by atoms with Gasteiger partial charge in [0.05, 0.1) is 0 Å². The van der Waals surface area contributed by atoms with Crippen molar-refractivity contribution in [3.05, 3.63) is 29.6 Å². The van der Waals surface area contributed by atoms with Gasteiger partial charge in [0.1, 0.15) is 5.69 Å². The normalized spacial score (nSPS) is 14.4. The van der Waals surface area contributed by atoms with Gasteiger partial charge >= 0.3 is 0 Å². The van der Waals surface area contributed by atoms with Crippen LogP contribution in [0.2, 0.25) is 0 Å². The molecule has 5 nitrogen and oxygen atoms in total. The third-order valence-electron chi connectivity index (χ3n) is 3.54. The Hall–Kier alpha value is -1.91. The maximum atomic E-state index is 11.8. The topological polar surface area (TPSA) is 66.9 Å². The second-order valence-corrected chi connectivity index (χ2v) is 5.31. The monoisotopic (exact) mass is 288 g/mol. The molecule has 1 heterocycles. The summed E-state index contributed by atoms with van der Waals surface area (Å²) >= 11 is 0. The molecule has 0 aliphatic heterocycles. The van der Waals surface area contributed by atoms with Crippen LogP contribution >= 0.6 is 0 Å². The van der Waals surface area contributed by atoms with Crippen molar-refractivity contribution in [2.24, 2.45) is 0 Å². The molecule has 1 aliphatic carbocycles. The summed E-state index contributed by atoms with van der Waals surface area (Å²) in [5.41, 5.74) is 1.93. The Labute approximate surface area is 126 Å². The van der Waals surface area contributed by atoms with E-state index < -0.39 is 0 Å². The SMILES string of the molecule is CCCNC(=O)c1ccnc(NCCC2=CCCCC2)n1. The summed E-state index contributed by atoms with van der Waals surface area (Å²) in [6.07, 6.45) is 10.9. The molecule has 0 aromatic carbocycles. The summed E-state index contributed by atoms with van der Waals surface area (Å²) in [6, 6.07) is 1.64. The van der Waals surface area contributed by atoms with Gasteiger partial charge in [-0.25, -0.2) is 9.97 Å². The first kappa shape index (κ1) is 15.5. The highest BCUT2D eigenvalue weighted by atomic mass is 16.1. The minimum Gasteiger partial charge on any atom is -0.354 e. The quantitative estimate of drug-likeness (QED) is 0.757. The predicted octanol–water partition coefficient (Wildman–Crippen LogP) is 2.92. The molecule has 0 atom stereocenters. The van der Waals surface area contributed by atoms with E-state index in [4.69, 9.17) is 0 Å². The lowest BCUT2D eigenvalue weighted by Crippen LogP contribution is -2.25. The van der Waals surface area contributed by atoms with Crippen molar-refractivity contribution in [1.29, 1.82) is 0 Å². The minimum atomic E-state index is -0.141. The number of carbonyl (C=O) groups is 1. The first-order chi connectivity index (χ1) is 10.3. The van der Waals surface area contributed by atoms with Crippen LogP contribution in [-0.4, -0.2) is 29.0 Å². The predicted molar refractivity (Wildman–Crippen MR) is 84.3 cm³/mol. The van der Waals surface area contributed by atoms with E-state index >= 15 is 0 Å². The molecule has 0 bridgehead atoms. The van der Waals surface area contributed by atoms with Gasteiger partial charge < -0.3 is 10.6 Å². The van der Waals surface area contributed by atoms with E-state index in [1.54, 1.807) is 12.3 Å². The summed E-state index contributed by atoms with van der Waals surface area (Å²) in [5.74, 6) is 0.382. The zero-order valence-corrected chi connectivity index (χ0v) is 12.7. The lowest BCUT2D eigenvalue weighted by Gasteiger charge is -2.13. The first-order valence-electron chi connectivity index (χ1n) is 7.82. The fraction of sp³-hybridized carbons (Fsp3) is 0.562. The maximum absolute atomic E-state index is 11.8. The number of amides is 1. The fourth-order valence-electron chi connectivity index (χ4n) is 2.37. The van der Waals surface area contributed by atoms with Crippen LogP contribution < -0.4 is 10.6 Å². The first-order valence-corrected chi connectivity index (χ1v) is 7.82. The second kappa shape index (κ2) is 8.39. The Morgan fingerprint density at radius 3 is 3.00 bits per heavy atom. The Balaban J connectivity index is 1.83. The highest BCUT2D eigenvalue weighted by Gasteiger charge is 2.08. The third-order valence-corrected chi connectivity index (χ3v) is 3.54. The molecule has 114 valence electrons. The Kier molecular flexibility index (Phi) is 6.19. The molecule has 0 radical (unpaired) electrons. The van der Waals surface area contributed by atoms with Crippen LogP contribution in [0.5, 0.6) is 0 Å². The molecule has 1 amide bonds. The van der Waals surface area contributed by atoms with E-state index in [0.29, 0.717) is 18.2 Å². The Morgan fingerprint density at radius 2 is 2.24 bits per heavy atom. The van der Waals surface area contributed by atoms with E-state index in [0.717, 1.165) is 19.4 Å². The molecular weight excluding hydrogens is 264 g/mol. The molecule has 0 spiro atoms. The molecule has 2 rings (SSSR count). The van der Waals surface area contributed by atoms with Crippen LogP contribution in [-0.2, 0) is 0 Å². The average Bonchev–Trinajstić information content (AvgIpc) is 2.54. The Morgan fingerprint density at radius 1 is 1.33 bits per heavy atom. The number of nitrogens with one attached hydrogen (secondary N) is 2.